The van der Waals surface area contributed by atoms with Crippen LogP contribution in [0.4, 0.5) is 0 Å². The van der Waals surface area contributed by atoms with Crippen molar-refractivity contribution in [2.24, 2.45) is 0 Å². The molecule has 0 saturated heterocycles. The van der Waals surface area contributed by atoms with Crippen LogP contribution in [0.3, 0.4) is 0 Å². The molecule has 2 atom stereocenters. The van der Waals surface area contributed by atoms with Gasteiger partial charge in [0.2, 0.25) is 0 Å². The van der Waals surface area contributed by atoms with Crippen molar-refractivity contribution in [2.45, 2.75) is 43.2 Å². The quantitative estimate of drug-likeness (QED) is 0.0738. The number of benzene rings is 2. The average molecular weight is 953 g/mol. The molecule has 1 aliphatic rings. The first-order chi connectivity index (χ1) is 24.1. The molecule has 2 N–H and O–H groups in total. The van der Waals surface area contributed by atoms with Crippen molar-refractivity contribution in [3.8, 4) is 0 Å². The predicted molar refractivity (Wildman–Crippen MR) is 167 cm³/mol. The Kier molecular flexibility index (Phi) is 28.3. The van der Waals surface area contributed by atoms with Crippen molar-refractivity contribution < 1.29 is 173 Å². The minimum Gasteiger partial charge on any atom is -0.756 e. The number of carbonyl (C=O) groups excluding carboxylic acids is 5. The maximum absolute atomic E-state index is 13.1. The number of aliphatic carboxylic acids is 5. The fourth-order valence-corrected chi connectivity index (χ4v) is 7.33. The van der Waals surface area contributed by atoms with Gasteiger partial charge in [-0.3, -0.25) is 19.3 Å². The van der Waals surface area contributed by atoms with Crippen LogP contribution in [0.5, 0.6) is 0 Å². The van der Waals surface area contributed by atoms with E-state index in [1.165, 1.54) is 0 Å². The Hall–Kier alpha value is -0.935. The SMILES string of the molecule is O.O=C([O-])CN(CCN(CC(=O)[O-])C[C@H](COP(=O)([O-])OC1CCC(c2ccccc2)(c2ccccc2)CC1)N(CC(=O)[O-])CC(=O)[O-])CC(=O)[O-].[Gd+3].[Na+].[Na+]. The van der Waals surface area contributed by atoms with Gasteiger partial charge in [-0.05, 0) is 36.8 Å². The number of nitrogens with zero attached hydrogens (tertiary/aromatic N) is 3. The molecule has 0 heterocycles. The van der Waals surface area contributed by atoms with E-state index in [1.54, 1.807) is 0 Å². The largest absolute Gasteiger partial charge is 3.00 e. The molecule has 0 spiro atoms. The summed E-state index contributed by atoms with van der Waals surface area (Å²) in [5.74, 6) is -8.46. The van der Waals surface area contributed by atoms with Crippen molar-refractivity contribution >= 4 is 37.7 Å². The maximum Gasteiger partial charge on any atom is 3.00 e. The van der Waals surface area contributed by atoms with Gasteiger partial charge in [-0.1, -0.05) is 60.7 Å². The number of hydrogen-bond donors (Lipinski definition) is 0. The number of phosphoric ester groups is 1. The van der Waals surface area contributed by atoms with Crippen LogP contribution in [0, 0.1) is 39.9 Å². The molecule has 293 valence electrons. The maximum atomic E-state index is 13.1. The monoisotopic (exact) mass is 953 g/mol. The van der Waals surface area contributed by atoms with Crippen LogP contribution in [0.15, 0.2) is 60.7 Å². The summed E-state index contributed by atoms with van der Waals surface area (Å²) in [4.78, 5) is 72.4. The Morgan fingerprint density at radius 1 is 0.691 bits per heavy atom. The number of phosphoric acid groups is 1. The van der Waals surface area contributed by atoms with Crippen LogP contribution in [0.25, 0.3) is 0 Å². The van der Waals surface area contributed by atoms with E-state index in [2.05, 4.69) is 0 Å². The van der Waals surface area contributed by atoms with E-state index in [1.807, 2.05) is 60.7 Å². The molecule has 1 fully saturated rings. The van der Waals surface area contributed by atoms with Gasteiger partial charge < -0.3 is 68.9 Å². The number of hydrogen-bond acceptors (Lipinski definition) is 17. The first kappa shape index (κ1) is 56.2. The second-order valence-electron chi connectivity index (χ2n) is 12.2. The van der Waals surface area contributed by atoms with Crippen molar-refractivity contribution in [2.75, 3.05) is 59.0 Å². The number of rotatable bonds is 23. The normalized spacial score (nSPS) is 15.3. The van der Waals surface area contributed by atoms with Crippen LogP contribution >= 0.6 is 7.82 Å². The predicted octanol–water partition coefficient (Wildman–Crippen LogP) is -12.4. The summed E-state index contributed by atoms with van der Waals surface area (Å²) in [6, 6.07) is 18.1. The summed E-state index contributed by atoms with van der Waals surface area (Å²) in [5.41, 5.74) is 1.71. The zero-order chi connectivity index (χ0) is 37.6. The van der Waals surface area contributed by atoms with E-state index in [9.17, 15) is 59.0 Å². The summed E-state index contributed by atoms with van der Waals surface area (Å²) in [6.45, 7) is -6.98. The van der Waals surface area contributed by atoms with Gasteiger partial charge in [0.1, 0.15) is 0 Å². The zero-order valence-electron chi connectivity index (χ0n) is 30.5. The minimum absolute atomic E-state index is 0. The number of carbonyl (C=O) groups is 5. The van der Waals surface area contributed by atoms with E-state index in [-0.39, 0.29) is 118 Å². The fourth-order valence-electron chi connectivity index (χ4n) is 6.34. The van der Waals surface area contributed by atoms with E-state index in [4.69, 9.17) is 9.05 Å². The van der Waals surface area contributed by atoms with Gasteiger partial charge in [0.25, 0.3) is 7.82 Å². The molecule has 1 saturated carbocycles. The molecule has 0 aliphatic heterocycles. The summed E-state index contributed by atoms with van der Waals surface area (Å²) < 4.78 is 23.7. The van der Waals surface area contributed by atoms with E-state index >= 15 is 0 Å². The van der Waals surface area contributed by atoms with Crippen molar-refractivity contribution in [3.05, 3.63) is 71.8 Å². The van der Waals surface area contributed by atoms with E-state index in [0.717, 1.165) is 25.8 Å². The summed E-state index contributed by atoms with van der Waals surface area (Å²) in [6.07, 6.45) is 0.910. The molecule has 18 nitrogen and oxygen atoms in total. The van der Waals surface area contributed by atoms with E-state index < -0.39 is 101 Å². The van der Waals surface area contributed by atoms with Crippen LogP contribution in [0.1, 0.15) is 36.8 Å². The van der Waals surface area contributed by atoms with Gasteiger partial charge in [0, 0.05) is 63.8 Å². The van der Waals surface area contributed by atoms with E-state index in [0.29, 0.717) is 25.7 Å². The van der Waals surface area contributed by atoms with Gasteiger partial charge in [-0.2, -0.15) is 0 Å². The Morgan fingerprint density at radius 2 is 1.07 bits per heavy atom. The molecule has 55 heavy (non-hydrogen) atoms. The Bertz CT molecular complexity index is 1470. The van der Waals surface area contributed by atoms with Gasteiger partial charge in [-0.25, -0.2) is 0 Å². The van der Waals surface area contributed by atoms with Crippen molar-refractivity contribution in [3.63, 3.8) is 0 Å². The molecule has 1 unspecified atom stereocenters. The zero-order valence-corrected chi connectivity index (χ0v) is 37.6. The van der Waals surface area contributed by atoms with Crippen LogP contribution in [-0.2, 0) is 43.0 Å². The molecule has 0 aromatic heterocycles. The second kappa shape index (κ2) is 27.7. The summed E-state index contributed by atoms with van der Waals surface area (Å²) in [5, 5.41) is 56.7. The molecule has 0 bridgehead atoms. The Morgan fingerprint density at radius 3 is 1.47 bits per heavy atom. The average Bonchev–Trinajstić information content (AvgIpc) is 3.05. The van der Waals surface area contributed by atoms with Crippen molar-refractivity contribution in [1.29, 1.82) is 0 Å². The fraction of sp³-hybridized carbons (Fsp3) is 0.485. The van der Waals surface area contributed by atoms with Gasteiger partial charge >= 0.3 is 99.1 Å². The van der Waals surface area contributed by atoms with Gasteiger partial charge in [0.05, 0.1) is 42.6 Å². The molecular weight excluding hydrogens is 913 g/mol. The first-order valence-corrected chi connectivity index (χ1v) is 17.5. The molecule has 0 amide bonds. The third-order valence-corrected chi connectivity index (χ3v) is 9.60. The molecule has 22 heteroatoms. The smallest absolute Gasteiger partial charge is 0.756 e. The topological polar surface area (TPSA) is 300 Å². The summed E-state index contributed by atoms with van der Waals surface area (Å²) >= 11 is 0. The van der Waals surface area contributed by atoms with Crippen LogP contribution in [-0.4, -0.2) is 121 Å². The second-order valence-corrected chi connectivity index (χ2v) is 13.6. The third kappa shape index (κ3) is 20.1. The number of carboxylic acid groups (broad SMARTS) is 5. The van der Waals surface area contributed by atoms with Crippen LogP contribution < -0.4 is 89.5 Å². The van der Waals surface area contributed by atoms with Crippen LogP contribution in [0.2, 0.25) is 0 Å². The van der Waals surface area contributed by atoms with Gasteiger partial charge in [0.15, 0.2) is 0 Å². The molecule has 3 rings (SSSR count). The van der Waals surface area contributed by atoms with Crippen molar-refractivity contribution in [1.82, 2.24) is 14.7 Å². The summed E-state index contributed by atoms with van der Waals surface area (Å²) in [7, 11) is -5.15. The third-order valence-electron chi connectivity index (χ3n) is 8.58. The molecule has 1 radical (unpaired) electrons. The van der Waals surface area contributed by atoms with Gasteiger partial charge in [-0.15, -0.1) is 0 Å². The number of carboxylic acids is 5. The molecule has 2 aromatic rings. The Labute approximate surface area is 394 Å². The molecule has 1 aliphatic carbocycles. The minimum atomic E-state index is -5.15. The standard InChI is InChI=1S/C33H44N3O14P.Gd.2Na.H2O/c37-28(38)18-34(15-16-35(19-29(39)40)20-30(41)42)17-26(36(21-31(43)44)22-32(45)46)23-49-51(47,48)50-27-11-13-33(14-12-27,24-7-3-1-4-8-24)25-9-5-2-6-10-25;;;;/h1-10,26-27H,11-23H2,(H,37,38)(H,39,40)(H,41,42)(H,43,44)(H,45,46)(H,47,48);;;;1H2/q;+3;2*+1;/p-6/t26-;;;;/m1..../s1. The molecule has 2 aromatic carbocycles. The Balaban J connectivity index is 0. The first-order valence-electron chi connectivity index (χ1n) is 16.0. The molecular formula is C33H40GdN3Na2O15P-.